The van der Waals surface area contributed by atoms with Crippen LogP contribution in [0.1, 0.15) is 0 Å². The fourth-order valence-electron chi connectivity index (χ4n) is 1.94. The van der Waals surface area contributed by atoms with Crippen molar-refractivity contribution in [2.75, 3.05) is 38.7 Å². The van der Waals surface area contributed by atoms with E-state index < -0.39 is 0 Å². The lowest BCUT2D eigenvalue weighted by Gasteiger charge is -2.32. The lowest BCUT2D eigenvalue weighted by atomic mass is 10.4. The highest BCUT2D eigenvalue weighted by atomic mass is 35.5. The quantitative estimate of drug-likeness (QED) is 0.793. The molecule has 2 aromatic rings. The molecule has 0 aromatic carbocycles. The first-order valence-electron chi connectivity index (χ1n) is 5.79. The van der Waals surface area contributed by atoms with Crippen molar-refractivity contribution in [3.8, 4) is 0 Å². The molecule has 0 unspecified atom stereocenters. The van der Waals surface area contributed by atoms with Gasteiger partial charge in [-0.05, 0) is 7.05 Å². The molecular weight excluding hydrogens is 254 g/mol. The van der Waals surface area contributed by atoms with Crippen LogP contribution < -0.4 is 5.43 Å². The summed E-state index contributed by atoms with van der Waals surface area (Å²) in [5.74, 6) is 1.28. The number of nitrogens with one attached hydrogen (secondary N) is 1. The first-order valence-corrected chi connectivity index (χ1v) is 6.16. The minimum atomic E-state index is 0.409. The van der Waals surface area contributed by atoms with E-state index in [0.29, 0.717) is 10.9 Å². The molecule has 0 spiro atoms. The Morgan fingerprint density at radius 2 is 2.06 bits per heavy atom. The van der Waals surface area contributed by atoms with Gasteiger partial charge < -0.3 is 10.3 Å². The molecule has 1 fully saturated rings. The SMILES string of the molecule is CN1CCN(Nc2cc(Cl)nc3ncnn23)CC1. The van der Waals surface area contributed by atoms with Gasteiger partial charge in [-0.3, -0.25) is 0 Å². The van der Waals surface area contributed by atoms with E-state index in [1.165, 1.54) is 6.33 Å². The van der Waals surface area contributed by atoms with Gasteiger partial charge in [0.2, 0.25) is 0 Å². The second-order valence-corrected chi connectivity index (χ2v) is 4.73. The first-order chi connectivity index (χ1) is 8.72. The molecule has 8 heteroatoms. The molecule has 0 saturated carbocycles. The number of likely N-dealkylation sites (N-methyl/N-ethyl adjacent to an activating group) is 1. The summed E-state index contributed by atoms with van der Waals surface area (Å²) in [6.07, 6.45) is 1.47. The third-order valence-corrected chi connectivity index (χ3v) is 3.19. The normalized spacial score (nSPS) is 18.3. The average Bonchev–Trinajstić information content (AvgIpc) is 2.80. The first kappa shape index (κ1) is 11.6. The van der Waals surface area contributed by atoms with Crippen LogP contribution in [0.15, 0.2) is 12.4 Å². The highest BCUT2D eigenvalue weighted by Crippen LogP contribution is 2.15. The molecule has 0 bridgehead atoms. The number of hydrogen-bond acceptors (Lipinski definition) is 6. The minimum Gasteiger partial charge on any atom is -0.304 e. The van der Waals surface area contributed by atoms with Crippen molar-refractivity contribution < 1.29 is 0 Å². The van der Waals surface area contributed by atoms with Crippen LogP contribution in [-0.2, 0) is 0 Å². The van der Waals surface area contributed by atoms with Crippen molar-refractivity contribution in [2.24, 2.45) is 0 Å². The van der Waals surface area contributed by atoms with E-state index in [1.807, 2.05) is 0 Å². The van der Waals surface area contributed by atoms with Crippen molar-refractivity contribution in [3.63, 3.8) is 0 Å². The maximum absolute atomic E-state index is 5.96. The maximum Gasteiger partial charge on any atom is 0.255 e. The summed E-state index contributed by atoms with van der Waals surface area (Å²) in [7, 11) is 2.12. The standard InChI is InChI=1S/C10H14ClN7/c1-16-2-4-17(5-3-16)15-9-6-8(11)14-10-12-7-13-18(9)10/h6-7,15H,2-5H2,1H3. The number of halogens is 1. The van der Waals surface area contributed by atoms with Gasteiger partial charge in [0, 0.05) is 32.2 Å². The predicted molar refractivity (Wildman–Crippen MR) is 68.5 cm³/mol. The van der Waals surface area contributed by atoms with Crippen molar-refractivity contribution in [3.05, 3.63) is 17.5 Å². The average molecular weight is 268 g/mol. The molecule has 1 aliphatic rings. The van der Waals surface area contributed by atoms with Crippen LogP contribution in [0.2, 0.25) is 5.15 Å². The second kappa shape index (κ2) is 4.68. The van der Waals surface area contributed by atoms with Gasteiger partial charge in [0.25, 0.3) is 5.78 Å². The number of rotatable bonds is 2. The largest absolute Gasteiger partial charge is 0.304 e. The van der Waals surface area contributed by atoms with Gasteiger partial charge in [0.1, 0.15) is 17.3 Å². The summed E-state index contributed by atoms with van der Waals surface area (Å²) in [5.41, 5.74) is 3.31. The zero-order valence-corrected chi connectivity index (χ0v) is 10.8. The molecule has 0 amide bonds. The molecule has 3 rings (SSSR count). The lowest BCUT2D eigenvalue weighted by Crippen LogP contribution is -2.47. The molecular formula is C10H14ClN7. The number of hydrogen-bond donors (Lipinski definition) is 1. The Morgan fingerprint density at radius 1 is 1.28 bits per heavy atom. The Labute approximate surface area is 109 Å². The summed E-state index contributed by atoms with van der Waals surface area (Å²) in [4.78, 5) is 10.4. The van der Waals surface area contributed by atoms with E-state index in [2.05, 4.69) is 37.4 Å². The Bertz CT molecular complexity index is 546. The van der Waals surface area contributed by atoms with Crippen molar-refractivity contribution in [1.29, 1.82) is 0 Å². The van der Waals surface area contributed by atoms with E-state index >= 15 is 0 Å². The predicted octanol–water partition coefficient (Wildman–Crippen LogP) is 0.352. The zero-order valence-electron chi connectivity index (χ0n) is 10.0. The Morgan fingerprint density at radius 3 is 2.83 bits per heavy atom. The summed E-state index contributed by atoms with van der Waals surface area (Å²) >= 11 is 5.96. The Balaban J connectivity index is 1.83. The smallest absolute Gasteiger partial charge is 0.255 e. The number of anilines is 1. The van der Waals surface area contributed by atoms with Crippen LogP contribution in [0.3, 0.4) is 0 Å². The number of piperazine rings is 1. The third-order valence-electron chi connectivity index (χ3n) is 3.00. The molecule has 96 valence electrons. The van der Waals surface area contributed by atoms with E-state index in [9.17, 15) is 0 Å². The molecule has 1 saturated heterocycles. The van der Waals surface area contributed by atoms with Crippen LogP contribution in [0, 0.1) is 0 Å². The number of hydrazine groups is 1. The number of fused-ring (bicyclic) bond motifs is 1. The van der Waals surface area contributed by atoms with Crippen LogP contribution >= 0.6 is 11.6 Å². The summed E-state index contributed by atoms with van der Waals surface area (Å²) < 4.78 is 1.64. The maximum atomic E-state index is 5.96. The molecule has 1 aliphatic heterocycles. The van der Waals surface area contributed by atoms with Gasteiger partial charge in [-0.15, -0.1) is 0 Å². The second-order valence-electron chi connectivity index (χ2n) is 4.34. The van der Waals surface area contributed by atoms with Crippen LogP contribution in [0.4, 0.5) is 5.82 Å². The van der Waals surface area contributed by atoms with Gasteiger partial charge in [-0.2, -0.15) is 19.6 Å². The number of nitrogens with zero attached hydrogens (tertiary/aromatic N) is 6. The molecule has 1 N–H and O–H groups in total. The molecule has 18 heavy (non-hydrogen) atoms. The third kappa shape index (κ3) is 2.24. The Hall–Kier alpha value is -1.44. The van der Waals surface area contributed by atoms with Crippen molar-refractivity contribution in [2.45, 2.75) is 0 Å². The van der Waals surface area contributed by atoms with Gasteiger partial charge in [-0.25, -0.2) is 5.01 Å². The van der Waals surface area contributed by atoms with Gasteiger partial charge >= 0.3 is 0 Å². The highest BCUT2D eigenvalue weighted by molar-refractivity contribution is 6.29. The fraction of sp³-hybridized carbons (Fsp3) is 0.500. The highest BCUT2D eigenvalue weighted by Gasteiger charge is 2.15. The van der Waals surface area contributed by atoms with Crippen LogP contribution in [0.5, 0.6) is 0 Å². The molecule has 7 nitrogen and oxygen atoms in total. The van der Waals surface area contributed by atoms with E-state index in [0.717, 1.165) is 32.0 Å². The monoisotopic (exact) mass is 267 g/mol. The summed E-state index contributed by atoms with van der Waals surface area (Å²) in [5, 5.41) is 6.68. The van der Waals surface area contributed by atoms with E-state index in [1.54, 1.807) is 10.6 Å². The molecule has 2 aromatic heterocycles. The van der Waals surface area contributed by atoms with Crippen LogP contribution in [0.25, 0.3) is 5.78 Å². The van der Waals surface area contributed by atoms with Crippen molar-refractivity contribution in [1.82, 2.24) is 29.5 Å². The Kier molecular flexibility index (Phi) is 3.02. The summed E-state index contributed by atoms with van der Waals surface area (Å²) in [6, 6.07) is 1.75. The van der Waals surface area contributed by atoms with E-state index in [4.69, 9.17) is 11.6 Å². The lowest BCUT2D eigenvalue weighted by molar-refractivity contribution is 0.178. The molecule has 0 radical (unpaired) electrons. The minimum absolute atomic E-state index is 0.409. The van der Waals surface area contributed by atoms with Gasteiger partial charge in [0.15, 0.2) is 0 Å². The van der Waals surface area contributed by atoms with Crippen molar-refractivity contribution >= 4 is 23.2 Å². The van der Waals surface area contributed by atoms with Gasteiger partial charge in [-0.1, -0.05) is 11.6 Å². The topological polar surface area (TPSA) is 61.6 Å². The molecule has 0 atom stereocenters. The number of aromatic nitrogens is 4. The van der Waals surface area contributed by atoms with E-state index in [-0.39, 0.29) is 0 Å². The molecule has 0 aliphatic carbocycles. The summed E-state index contributed by atoms with van der Waals surface area (Å²) in [6.45, 7) is 3.97. The molecule has 3 heterocycles. The van der Waals surface area contributed by atoms with Crippen LogP contribution in [-0.4, -0.2) is 62.7 Å². The zero-order chi connectivity index (χ0) is 12.5. The van der Waals surface area contributed by atoms with Gasteiger partial charge in [0.05, 0.1) is 0 Å². The fourth-order valence-corrected chi connectivity index (χ4v) is 2.12.